The summed E-state index contributed by atoms with van der Waals surface area (Å²) in [6.45, 7) is 7.21. The molecule has 1 fully saturated rings. The molecule has 1 aromatic carbocycles. The Morgan fingerprint density at radius 2 is 2.05 bits per heavy atom. The van der Waals surface area contributed by atoms with E-state index in [2.05, 4.69) is 18.7 Å². The molecule has 1 aliphatic rings. The summed E-state index contributed by atoms with van der Waals surface area (Å²) in [6, 6.07) is 6.27. The maximum Gasteiger partial charge on any atom is 0.273 e. The number of morpholine rings is 1. The fourth-order valence-electron chi connectivity index (χ4n) is 2.45. The van der Waals surface area contributed by atoms with Crippen LogP contribution in [0.2, 0.25) is 0 Å². The molecule has 0 N–H and O–H groups in total. The summed E-state index contributed by atoms with van der Waals surface area (Å²) < 4.78 is 11.2. The number of nitro groups is 1. The molecule has 0 spiro atoms. The van der Waals surface area contributed by atoms with Crippen LogP contribution in [0.15, 0.2) is 24.3 Å². The number of hydrogen-bond acceptors (Lipinski definition) is 5. The minimum absolute atomic E-state index is 0. The minimum Gasteiger partial charge on any atom is -0.492 e. The summed E-state index contributed by atoms with van der Waals surface area (Å²) in [5.41, 5.74) is 0.0520. The summed E-state index contributed by atoms with van der Waals surface area (Å²) in [4.78, 5) is 12.5. The van der Waals surface area contributed by atoms with E-state index in [1.807, 2.05) is 0 Å². The van der Waals surface area contributed by atoms with E-state index < -0.39 is 4.92 Å². The van der Waals surface area contributed by atoms with Gasteiger partial charge >= 0.3 is 0 Å². The first kappa shape index (κ1) is 17.7. The van der Waals surface area contributed by atoms with Crippen LogP contribution in [0.1, 0.15) is 13.8 Å². The largest absolute Gasteiger partial charge is 0.492 e. The molecule has 0 radical (unpaired) electrons. The van der Waals surface area contributed by atoms with E-state index in [1.54, 1.807) is 12.1 Å². The van der Waals surface area contributed by atoms with Crippen molar-refractivity contribution < 1.29 is 14.4 Å². The molecule has 1 aromatic rings. The Hall–Kier alpha value is -1.37. The van der Waals surface area contributed by atoms with Gasteiger partial charge < -0.3 is 9.47 Å². The standard InChI is InChI=1S/C14H20N2O4.ClH/c1-11-9-15(10-12(2)20-11)6-7-19-14-5-3-4-13(8-14)16(17)18;/h3-5,8,11-12H,6-7,9-10H2,1-2H3;1H. The summed E-state index contributed by atoms with van der Waals surface area (Å²) in [6.07, 6.45) is 0.466. The van der Waals surface area contributed by atoms with E-state index in [-0.39, 0.29) is 30.3 Å². The van der Waals surface area contributed by atoms with E-state index in [4.69, 9.17) is 9.47 Å². The average Bonchev–Trinajstić information content (AvgIpc) is 2.38. The topological polar surface area (TPSA) is 64.8 Å². The molecule has 1 heterocycles. The Bertz CT molecular complexity index is 462. The number of nitro benzene ring substituents is 1. The second kappa shape index (κ2) is 8.17. The molecule has 0 amide bonds. The lowest BCUT2D eigenvalue weighted by molar-refractivity contribution is -0.384. The van der Waals surface area contributed by atoms with Crippen LogP contribution in [0.25, 0.3) is 0 Å². The zero-order chi connectivity index (χ0) is 14.5. The SMILES string of the molecule is CC1CN(CCOc2cccc([N+](=O)[O-])c2)CC(C)O1.Cl. The Morgan fingerprint density at radius 3 is 2.67 bits per heavy atom. The van der Waals surface area contributed by atoms with Gasteiger partial charge in [0.25, 0.3) is 5.69 Å². The Labute approximate surface area is 130 Å². The number of nitrogens with zero attached hydrogens (tertiary/aromatic N) is 2. The molecule has 0 saturated carbocycles. The zero-order valence-electron chi connectivity index (χ0n) is 12.2. The molecule has 6 nitrogen and oxygen atoms in total. The summed E-state index contributed by atoms with van der Waals surface area (Å²) >= 11 is 0. The molecule has 1 saturated heterocycles. The van der Waals surface area contributed by atoms with E-state index >= 15 is 0 Å². The van der Waals surface area contributed by atoms with Crippen LogP contribution in [0.3, 0.4) is 0 Å². The maximum absolute atomic E-state index is 10.7. The summed E-state index contributed by atoms with van der Waals surface area (Å²) in [5, 5.41) is 10.7. The molecule has 118 valence electrons. The zero-order valence-corrected chi connectivity index (χ0v) is 13.0. The summed E-state index contributed by atoms with van der Waals surface area (Å²) in [7, 11) is 0. The molecular formula is C14H21ClN2O4. The van der Waals surface area contributed by atoms with E-state index in [0.717, 1.165) is 19.6 Å². The van der Waals surface area contributed by atoms with Gasteiger partial charge in [-0.15, -0.1) is 12.4 Å². The number of ether oxygens (including phenoxy) is 2. The van der Waals surface area contributed by atoms with Crippen molar-refractivity contribution in [1.82, 2.24) is 4.90 Å². The minimum atomic E-state index is -0.418. The number of hydrogen-bond donors (Lipinski definition) is 0. The first-order valence-corrected chi connectivity index (χ1v) is 6.79. The third-order valence-corrected chi connectivity index (χ3v) is 3.20. The molecule has 21 heavy (non-hydrogen) atoms. The molecule has 7 heteroatoms. The lowest BCUT2D eigenvalue weighted by atomic mass is 10.2. The third kappa shape index (κ3) is 5.49. The highest BCUT2D eigenvalue weighted by Crippen LogP contribution is 2.19. The van der Waals surface area contributed by atoms with Gasteiger partial charge in [-0.25, -0.2) is 0 Å². The van der Waals surface area contributed by atoms with E-state index in [9.17, 15) is 10.1 Å². The fourth-order valence-corrected chi connectivity index (χ4v) is 2.45. The van der Waals surface area contributed by atoms with Gasteiger partial charge in [-0.05, 0) is 19.9 Å². The lowest BCUT2D eigenvalue weighted by Crippen LogP contribution is -2.46. The van der Waals surface area contributed by atoms with E-state index in [1.165, 1.54) is 12.1 Å². The smallest absolute Gasteiger partial charge is 0.273 e. The molecular weight excluding hydrogens is 296 g/mol. The van der Waals surface area contributed by atoms with Crippen molar-refractivity contribution in [3.63, 3.8) is 0 Å². The fraction of sp³-hybridized carbons (Fsp3) is 0.571. The number of rotatable bonds is 5. The number of halogens is 1. The van der Waals surface area contributed by atoms with Crippen molar-refractivity contribution in [3.05, 3.63) is 34.4 Å². The van der Waals surface area contributed by atoms with Gasteiger partial charge in [0.1, 0.15) is 12.4 Å². The van der Waals surface area contributed by atoms with Crippen molar-refractivity contribution in [2.24, 2.45) is 0 Å². The number of benzene rings is 1. The quantitative estimate of drug-likeness (QED) is 0.617. The predicted molar refractivity (Wildman–Crippen MR) is 82.3 cm³/mol. The van der Waals surface area contributed by atoms with Crippen LogP contribution in [-0.2, 0) is 4.74 Å². The first-order chi connectivity index (χ1) is 9.54. The monoisotopic (exact) mass is 316 g/mol. The van der Waals surface area contributed by atoms with Crippen LogP contribution in [0, 0.1) is 10.1 Å². The van der Waals surface area contributed by atoms with Crippen molar-refractivity contribution in [2.45, 2.75) is 26.1 Å². The molecule has 0 aromatic heterocycles. The molecule has 1 aliphatic heterocycles. The van der Waals surface area contributed by atoms with Gasteiger partial charge in [-0.2, -0.15) is 0 Å². The second-order valence-corrected chi connectivity index (χ2v) is 5.12. The van der Waals surface area contributed by atoms with Crippen LogP contribution in [0.4, 0.5) is 5.69 Å². The maximum atomic E-state index is 10.7. The molecule has 0 bridgehead atoms. The molecule has 2 atom stereocenters. The Morgan fingerprint density at radius 1 is 1.38 bits per heavy atom. The van der Waals surface area contributed by atoms with Crippen LogP contribution < -0.4 is 4.74 Å². The van der Waals surface area contributed by atoms with Gasteiger partial charge in [0.2, 0.25) is 0 Å². The Kier molecular flexibility index (Phi) is 6.87. The van der Waals surface area contributed by atoms with Gasteiger partial charge in [0, 0.05) is 25.7 Å². The third-order valence-electron chi connectivity index (χ3n) is 3.20. The second-order valence-electron chi connectivity index (χ2n) is 5.12. The normalized spacial score (nSPS) is 22.4. The number of non-ortho nitro benzene ring substituents is 1. The molecule has 2 rings (SSSR count). The van der Waals surface area contributed by atoms with Gasteiger partial charge in [-0.3, -0.25) is 15.0 Å². The van der Waals surface area contributed by atoms with Crippen molar-refractivity contribution in [3.8, 4) is 5.75 Å². The van der Waals surface area contributed by atoms with E-state index in [0.29, 0.717) is 12.4 Å². The van der Waals surface area contributed by atoms with Crippen LogP contribution in [-0.4, -0.2) is 48.3 Å². The molecule has 0 aliphatic carbocycles. The van der Waals surface area contributed by atoms with Crippen molar-refractivity contribution >= 4 is 18.1 Å². The van der Waals surface area contributed by atoms with Crippen LogP contribution in [0.5, 0.6) is 5.75 Å². The highest BCUT2D eigenvalue weighted by Gasteiger charge is 2.21. The Balaban J connectivity index is 0.00000220. The van der Waals surface area contributed by atoms with Gasteiger partial charge in [-0.1, -0.05) is 6.07 Å². The highest BCUT2D eigenvalue weighted by molar-refractivity contribution is 5.85. The predicted octanol–water partition coefficient (Wildman–Crippen LogP) is 2.50. The van der Waals surface area contributed by atoms with Crippen molar-refractivity contribution in [2.75, 3.05) is 26.2 Å². The average molecular weight is 317 g/mol. The summed E-state index contributed by atoms with van der Waals surface area (Å²) in [5.74, 6) is 0.536. The van der Waals surface area contributed by atoms with Crippen molar-refractivity contribution in [1.29, 1.82) is 0 Å². The van der Waals surface area contributed by atoms with Crippen LogP contribution >= 0.6 is 12.4 Å². The molecule has 2 unspecified atom stereocenters. The lowest BCUT2D eigenvalue weighted by Gasteiger charge is -2.35. The highest BCUT2D eigenvalue weighted by atomic mass is 35.5. The van der Waals surface area contributed by atoms with Gasteiger partial charge in [0.15, 0.2) is 0 Å². The first-order valence-electron chi connectivity index (χ1n) is 6.79. The van der Waals surface area contributed by atoms with Gasteiger partial charge in [0.05, 0.1) is 23.2 Å².